The predicted molar refractivity (Wildman–Crippen MR) is 71.5 cm³/mol. The number of hydrogen-bond donors (Lipinski definition) is 2. The summed E-state index contributed by atoms with van der Waals surface area (Å²) in [6.07, 6.45) is 2.14. The molecule has 1 aliphatic rings. The number of ether oxygens (including phenoxy) is 1. The Kier molecular flexibility index (Phi) is 7.75. The van der Waals surface area contributed by atoms with Gasteiger partial charge in [-0.05, 0) is 18.3 Å². The molecular weight excluding hydrogens is 240 g/mol. The molecule has 2 unspecified atom stereocenters. The van der Waals surface area contributed by atoms with Gasteiger partial charge < -0.3 is 15.4 Å². The Balaban J connectivity index is 0.00000256. The summed E-state index contributed by atoms with van der Waals surface area (Å²) in [7, 11) is 1.68. The van der Waals surface area contributed by atoms with Crippen molar-refractivity contribution in [3.8, 4) is 0 Å². The normalized spacial score (nSPS) is 26.2. The highest BCUT2D eigenvalue weighted by Gasteiger charge is 2.52. The fourth-order valence-corrected chi connectivity index (χ4v) is 1.90. The molecule has 2 N–H and O–H groups in total. The SMILES string of the molecule is CCC1(C)CC1C(=O)NCCNCCOC.Cl. The summed E-state index contributed by atoms with van der Waals surface area (Å²) in [5, 5.41) is 6.16. The van der Waals surface area contributed by atoms with Gasteiger partial charge in [-0.2, -0.15) is 0 Å². The quantitative estimate of drug-likeness (QED) is 0.648. The summed E-state index contributed by atoms with van der Waals surface area (Å²) in [6.45, 7) is 7.41. The van der Waals surface area contributed by atoms with Crippen molar-refractivity contribution in [3.05, 3.63) is 0 Å². The molecule has 1 fully saturated rings. The molecule has 1 aliphatic carbocycles. The molecule has 102 valence electrons. The van der Waals surface area contributed by atoms with E-state index in [0.29, 0.717) is 13.2 Å². The molecule has 0 aromatic carbocycles. The van der Waals surface area contributed by atoms with Crippen LogP contribution >= 0.6 is 12.4 Å². The molecule has 5 heteroatoms. The first-order chi connectivity index (χ1) is 7.64. The van der Waals surface area contributed by atoms with Crippen molar-refractivity contribution in [3.63, 3.8) is 0 Å². The minimum atomic E-state index is 0. The Bertz CT molecular complexity index is 239. The third kappa shape index (κ3) is 5.23. The van der Waals surface area contributed by atoms with Gasteiger partial charge >= 0.3 is 0 Å². The van der Waals surface area contributed by atoms with Gasteiger partial charge in [-0.15, -0.1) is 12.4 Å². The van der Waals surface area contributed by atoms with E-state index < -0.39 is 0 Å². The molecule has 0 radical (unpaired) electrons. The zero-order valence-corrected chi connectivity index (χ0v) is 11.9. The second-order valence-electron chi connectivity index (χ2n) is 4.80. The van der Waals surface area contributed by atoms with Crippen LogP contribution in [0.5, 0.6) is 0 Å². The van der Waals surface area contributed by atoms with Crippen LogP contribution < -0.4 is 10.6 Å². The van der Waals surface area contributed by atoms with Crippen LogP contribution in [-0.4, -0.2) is 39.3 Å². The van der Waals surface area contributed by atoms with Crippen LogP contribution in [0.25, 0.3) is 0 Å². The molecule has 4 nitrogen and oxygen atoms in total. The molecule has 17 heavy (non-hydrogen) atoms. The molecule has 1 amide bonds. The van der Waals surface area contributed by atoms with E-state index in [1.807, 2.05) is 0 Å². The molecule has 0 spiro atoms. The number of methoxy groups -OCH3 is 1. The molecule has 2 atom stereocenters. The molecular formula is C12H25ClN2O2. The minimum Gasteiger partial charge on any atom is -0.383 e. The van der Waals surface area contributed by atoms with Gasteiger partial charge in [0.05, 0.1) is 6.61 Å². The maximum absolute atomic E-state index is 11.7. The van der Waals surface area contributed by atoms with Gasteiger partial charge in [0.1, 0.15) is 0 Å². The third-order valence-corrected chi connectivity index (χ3v) is 3.56. The zero-order valence-electron chi connectivity index (χ0n) is 11.0. The van der Waals surface area contributed by atoms with Crippen LogP contribution in [0, 0.1) is 11.3 Å². The maximum atomic E-state index is 11.7. The second kappa shape index (κ2) is 7.90. The lowest BCUT2D eigenvalue weighted by molar-refractivity contribution is -0.123. The number of hydrogen-bond acceptors (Lipinski definition) is 3. The van der Waals surface area contributed by atoms with Gasteiger partial charge in [-0.25, -0.2) is 0 Å². The summed E-state index contributed by atoms with van der Waals surface area (Å²) in [5.41, 5.74) is 0.271. The first-order valence-electron chi connectivity index (χ1n) is 6.11. The summed E-state index contributed by atoms with van der Waals surface area (Å²) in [4.78, 5) is 11.7. The van der Waals surface area contributed by atoms with Gasteiger partial charge in [-0.1, -0.05) is 13.8 Å². The topological polar surface area (TPSA) is 50.4 Å². The van der Waals surface area contributed by atoms with E-state index >= 15 is 0 Å². The van der Waals surface area contributed by atoms with Gasteiger partial charge in [0.2, 0.25) is 5.91 Å². The highest BCUT2D eigenvalue weighted by atomic mass is 35.5. The first-order valence-corrected chi connectivity index (χ1v) is 6.11. The van der Waals surface area contributed by atoms with Crippen LogP contribution in [0.4, 0.5) is 0 Å². The molecule has 0 saturated heterocycles. The van der Waals surface area contributed by atoms with Crippen LogP contribution in [0.15, 0.2) is 0 Å². The number of nitrogens with one attached hydrogen (secondary N) is 2. The van der Waals surface area contributed by atoms with Crippen molar-refractivity contribution in [2.45, 2.75) is 26.7 Å². The van der Waals surface area contributed by atoms with E-state index in [2.05, 4.69) is 24.5 Å². The van der Waals surface area contributed by atoms with Crippen LogP contribution in [0.1, 0.15) is 26.7 Å². The highest BCUT2D eigenvalue weighted by molar-refractivity contribution is 5.85. The molecule has 0 bridgehead atoms. The summed E-state index contributed by atoms with van der Waals surface area (Å²) < 4.78 is 4.91. The fourth-order valence-electron chi connectivity index (χ4n) is 1.90. The van der Waals surface area contributed by atoms with E-state index in [9.17, 15) is 4.79 Å². The van der Waals surface area contributed by atoms with Crippen molar-refractivity contribution in [2.24, 2.45) is 11.3 Å². The first kappa shape index (κ1) is 16.7. The number of rotatable bonds is 8. The Morgan fingerprint density at radius 3 is 2.65 bits per heavy atom. The van der Waals surface area contributed by atoms with Gasteiger partial charge in [0, 0.05) is 32.7 Å². The van der Waals surface area contributed by atoms with Crippen molar-refractivity contribution in [2.75, 3.05) is 33.4 Å². The van der Waals surface area contributed by atoms with E-state index in [4.69, 9.17) is 4.74 Å². The minimum absolute atomic E-state index is 0. The lowest BCUT2D eigenvalue weighted by Crippen LogP contribution is -2.34. The molecule has 0 aromatic rings. The lowest BCUT2D eigenvalue weighted by atomic mass is 10.0. The Morgan fingerprint density at radius 1 is 1.41 bits per heavy atom. The Labute approximate surface area is 110 Å². The number of halogens is 1. The Morgan fingerprint density at radius 2 is 2.12 bits per heavy atom. The van der Waals surface area contributed by atoms with Gasteiger partial charge in [-0.3, -0.25) is 4.79 Å². The van der Waals surface area contributed by atoms with E-state index in [0.717, 1.165) is 25.9 Å². The smallest absolute Gasteiger partial charge is 0.223 e. The van der Waals surface area contributed by atoms with Gasteiger partial charge in [0.25, 0.3) is 0 Å². The van der Waals surface area contributed by atoms with Crippen LogP contribution in [0.2, 0.25) is 0 Å². The van der Waals surface area contributed by atoms with Crippen molar-refractivity contribution in [1.29, 1.82) is 0 Å². The van der Waals surface area contributed by atoms with Crippen LogP contribution in [0.3, 0.4) is 0 Å². The molecule has 1 saturated carbocycles. The van der Waals surface area contributed by atoms with Crippen molar-refractivity contribution in [1.82, 2.24) is 10.6 Å². The predicted octanol–water partition coefficient (Wildman–Crippen LogP) is 1.20. The third-order valence-electron chi connectivity index (χ3n) is 3.56. The highest BCUT2D eigenvalue weighted by Crippen LogP contribution is 2.54. The second-order valence-corrected chi connectivity index (χ2v) is 4.80. The molecule has 0 aromatic heterocycles. The average Bonchev–Trinajstić information content (AvgIpc) is 2.97. The van der Waals surface area contributed by atoms with E-state index in [-0.39, 0.29) is 29.6 Å². The zero-order chi connectivity index (χ0) is 12.0. The number of carbonyl (C=O) groups excluding carboxylic acids is 1. The fraction of sp³-hybridized carbons (Fsp3) is 0.917. The van der Waals surface area contributed by atoms with Crippen molar-refractivity contribution < 1.29 is 9.53 Å². The maximum Gasteiger partial charge on any atom is 0.223 e. The Hall–Kier alpha value is -0.320. The molecule has 0 aliphatic heterocycles. The van der Waals surface area contributed by atoms with Crippen LogP contribution in [-0.2, 0) is 9.53 Å². The summed E-state index contributed by atoms with van der Waals surface area (Å²) in [6, 6.07) is 0. The summed E-state index contributed by atoms with van der Waals surface area (Å²) >= 11 is 0. The molecule has 0 heterocycles. The largest absolute Gasteiger partial charge is 0.383 e. The van der Waals surface area contributed by atoms with E-state index in [1.165, 1.54) is 0 Å². The molecule has 1 rings (SSSR count). The standard InChI is InChI=1S/C12H24N2O2.ClH/c1-4-12(2)9-10(12)11(15)14-6-5-13-7-8-16-3;/h10,13H,4-9H2,1-3H3,(H,14,15);1H. The monoisotopic (exact) mass is 264 g/mol. The van der Waals surface area contributed by atoms with Crippen molar-refractivity contribution >= 4 is 18.3 Å². The number of amides is 1. The lowest BCUT2D eigenvalue weighted by Gasteiger charge is -2.09. The summed E-state index contributed by atoms with van der Waals surface area (Å²) in [5.74, 6) is 0.467. The average molecular weight is 265 g/mol. The van der Waals surface area contributed by atoms with E-state index in [1.54, 1.807) is 7.11 Å². The number of carbonyl (C=O) groups is 1. The van der Waals surface area contributed by atoms with Gasteiger partial charge in [0.15, 0.2) is 0 Å².